The fourth-order valence-electron chi connectivity index (χ4n) is 1.97. The van der Waals surface area contributed by atoms with Crippen molar-refractivity contribution in [1.82, 2.24) is 5.32 Å². The predicted molar refractivity (Wildman–Crippen MR) is 86.3 cm³/mol. The summed E-state index contributed by atoms with van der Waals surface area (Å²) in [6.45, 7) is 5.48. The fraction of sp³-hybridized carbons (Fsp3) is 0.294. The van der Waals surface area contributed by atoms with Gasteiger partial charge in [0.1, 0.15) is 0 Å². The van der Waals surface area contributed by atoms with Crippen LogP contribution in [0.1, 0.15) is 28.4 Å². The Hall–Kier alpha value is -1.35. The Morgan fingerprint density at radius 1 is 0.900 bits per heavy atom. The summed E-state index contributed by atoms with van der Waals surface area (Å²) < 4.78 is 0. The van der Waals surface area contributed by atoms with Crippen LogP contribution >= 0.6 is 12.4 Å². The highest BCUT2D eigenvalue weighted by Gasteiger charge is 2.06. The maximum Gasteiger partial charge on any atom is 0.0914 e. The third-order valence-corrected chi connectivity index (χ3v) is 3.25. The van der Waals surface area contributed by atoms with E-state index in [1.807, 2.05) is 31.2 Å². The van der Waals surface area contributed by atoms with Gasteiger partial charge in [-0.15, -0.1) is 12.4 Å². The number of halogens is 1. The molecule has 0 fully saturated rings. The van der Waals surface area contributed by atoms with Crippen LogP contribution in [0.2, 0.25) is 0 Å². The first kappa shape index (κ1) is 16.7. The van der Waals surface area contributed by atoms with E-state index in [1.54, 1.807) is 0 Å². The van der Waals surface area contributed by atoms with Crippen LogP contribution in [0, 0.1) is 13.8 Å². The molecule has 1 unspecified atom stereocenters. The van der Waals surface area contributed by atoms with Crippen molar-refractivity contribution in [2.75, 3.05) is 6.54 Å². The number of hydrogen-bond acceptors (Lipinski definition) is 2. The molecule has 20 heavy (non-hydrogen) atoms. The van der Waals surface area contributed by atoms with Gasteiger partial charge in [0.05, 0.1) is 6.10 Å². The van der Waals surface area contributed by atoms with Crippen molar-refractivity contribution in [1.29, 1.82) is 0 Å². The van der Waals surface area contributed by atoms with Crippen LogP contribution in [-0.4, -0.2) is 11.7 Å². The van der Waals surface area contributed by atoms with E-state index in [0.29, 0.717) is 6.54 Å². The van der Waals surface area contributed by atoms with Crippen LogP contribution in [0.5, 0.6) is 0 Å². The molecule has 2 nitrogen and oxygen atoms in total. The smallest absolute Gasteiger partial charge is 0.0914 e. The zero-order valence-corrected chi connectivity index (χ0v) is 12.8. The zero-order valence-electron chi connectivity index (χ0n) is 12.0. The van der Waals surface area contributed by atoms with E-state index in [2.05, 4.69) is 36.5 Å². The molecule has 0 saturated heterocycles. The molecule has 3 heteroatoms. The summed E-state index contributed by atoms with van der Waals surface area (Å²) in [6.07, 6.45) is -0.453. The number of hydrogen-bond donors (Lipinski definition) is 2. The zero-order chi connectivity index (χ0) is 13.7. The van der Waals surface area contributed by atoms with Gasteiger partial charge in [-0.05, 0) is 25.0 Å². The molecule has 2 rings (SSSR count). The van der Waals surface area contributed by atoms with Crippen LogP contribution in [0.15, 0.2) is 48.5 Å². The molecule has 0 radical (unpaired) electrons. The molecule has 0 spiro atoms. The molecule has 0 aliphatic carbocycles. The van der Waals surface area contributed by atoms with E-state index in [4.69, 9.17) is 0 Å². The number of aryl methyl sites for hydroxylation is 2. The first-order chi connectivity index (χ1) is 9.15. The molecule has 0 amide bonds. The summed E-state index contributed by atoms with van der Waals surface area (Å²) in [6, 6.07) is 16.4. The van der Waals surface area contributed by atoms with Gasteiger partial charge in [-0.3, -0.25) is 0 Å². The van der Waals surface area contributed by atoms with Crippen molar-refractivity contribution in [3.05, 3.63) is 70.8 Å². The summed E-state index contributed by atoms with van der Waals surface area (Å²) in [5.41, 5.74) is 4.68. The van der Waals surface area contributed by atoms with E-state index in [9.17, 15) is 5.11 Å². The van der Waals surface area contributed by atoms with Crippen molar-refractivity contribution in [2.24, 2.45) is 0 Å². The third-order valence-electron chi connectivity index (χ3n) is 3.25. The first-order valence-electron chi connectivity index (χ1n) is 6.66. The van der Waals surface area contributed by atoms with Crippen LogP contribution in [-0.2, 0) is 6.54 Å². The van der Waals surface area contributed by atoms with Gasteiger partial charge in [0.25, 0.3) is 0 Å². The lowest BCUT2D eigenvalue weighted by atomic mass is 10.1. The molecule has 108 valence electrons. The van der Waals surface area contributed by atoms with Crippen molar-refractivity contribution >= 4 is 12.4 Å². The highest BCUT2D eigenvalue weighted by atomic mass is 35.5. The molecule has 0 saturated carbocycles. The maximum atomic E-state index is 10.1. The van der Waals surface area contributed by atoms with Gasteiger partial charge in [0.2, 0.25) is 0 Å². The Morgan fingerprint density at radius 2 is 1.40 bits per heavy atom. The lowest BCUT2D eigenvalue weighted by Gasteiger charge is -2.12. The molecule has 2 N–H and O–H groups in total. The lowest BCUT2D eigenvalue weighted by Crippen LogP contribution is -2.21. The Labute approximate surface area is 127 Å². The number of aliphatic hydroxyl groups excluding tert-OH is 1. The average molecular weight is 292 g/mol. The minimum atomic E-state index is -0.453. The molecule has 0 heterocycles. The van der Waals surface area contributed by atoms with Gasteiger partial charge >= 0.3 is 0 Å². The standard InChI is InChI=1S/C17H21NO.ClH/c1-13-3-7-15(8-4-13)11-18-12-17(19)16-9-5-14(2)6-10-16;/h3-10,17-19H,11-12H2,1-2H3;1H. The average Bonchev–Trinajstić information content (AvgIpc) is 2.41. The van der Waals surface area contributed by atoms with Crippen molar-refractivity contribution < 1.29 is 5.11 Å². The van der Waals surface area contributed by atoms with Crippen LogP contribution < -0.4 is 5.32 Å². The number of nitrogens with one attached hydrogen (secondary N) is 1. The van der Waals surface area contributed by atoms with Crippen LogP contribution in [0.25, 0.3) is 0 Å². The Balaban J connectivity index is 0.00000200. The molecule has 2 aromatic carbocycles. The van der Waals surface area contributed by atoms with E-state index in [0.717, 1.165) is 12.1 Å². The fourth-order valence-corrected chi connectivity index (χ4v) is 1.97. The number of rotatable bonds is 5. The van der Waals surface area contributed by atoms with Gasteiger partial charge in [0, 0.05) is 13.1 Å². The third kappa shape index (κ3) is 4.97. The van der Waals surface area contributed by atoms with Gasteiger partial charge in [-0.1, -0.05) is 59.7 Å². The van der Waals surface area contributed by atoms with Gasteiger partial charge in [-0.25, -0.2) is 0 Å². The summed E-state index contributed by atoms with van der Waals surface area (Å²) >= 11 is 0. The first-order valence-corrected chi connectivity index (χ1v) is 6.66. The van der Waals surface area contributed by atoms with E-state index < -0.39 is 6.10 Å². The quantitative estimate of drug-likeness (QED) is 0.883. The molecule has 0 bridgehead atoms. The summed E-state index contributed by atoms with van der Waals surface area (Å²) in [5, 5.41) is 13.4. The van der Waals surface area contributed by atoms with Crippen LogP contribution in [0.3, 0.4) is 0 Å². The highest BCUT2D eigenvalue weighted by molar-refractivity contribution is 5.85. The van der Waals surface area contributed by atoms with Crippen molar-refractivity contribution in [3.63, 3.8) is 0 Å². The largest absolute Gasteiger partial charge is 0.387 e. The minimum absolute atomic E-state index is 0. The van der Waals surface area contributed by atoms with Crippen LogP contribution in [0.4, 0.5) is 0 Å². The molecular weight excluding hydrogens is 270 g/mol. The molecular formula is C17H22ClNO. The second-order valence-electron chi connectivity index (χ2n) is 5.04. The summed E-state index contributed by atoms with van der Waals surface area (Å²) in [4.78, 5) is 0. The van der Waals surface area contributed by atoms with E-state index >= 15 is 0 Å². The highest BCUT2D eigenvalue weighted by Crippen LogP contribution is 2.13. The molecule has 2 aromatic rings. The molecule has 0 aliphatic rings. The summed E-state index contributed by atoms with van der Waals surface area (Å²) in [5.74, 6) is 0. The number of aliphatic hydroxyl groups is 1. The predicted octanol–water partition coefficient (Wildman–Crippen LogP) is 3.55. The topological polar surface area (TPSA) is 32.3 Å². The SMILES string of the molecule is Cc1ccc(CNCC(O)c2ccc(C)cc2)cc1.Cl. The maximum absolute atomic E-state index is 10.1. The summed E-state index contributed by atoms with van der Waals surface area (Å²) in [7, 11) is 0. The second kappa shape index (κ2) is 8.05. The normalized spacial score (nSPS) is 11.8. The Morgan fingerprint density at radius 3 is 1.95 bits per heavy atom. The lowest BCUT2D eigenvalue weighted by molar-refractivity contribution is 0.174. The van der Waals surface area contributed by atoms with Crippen molar-refractivity contribution in [3.8, 4) is 0 Å². The van der Waals surface area contributed by atoms with E-state index in [-0.39, 0.29) is 12.4 Å². The van der Waals surface area contributed by atoms with Gasteiger partial charge in [-0.2, -0.15) is 0 Å². The minimum Gasteiger partial charge on any atom is -0.387 e. The Kier molecular flexibility index (Phi) is 6.73. The monoisotopic (exact) mass is 291 g/mol. The Bertz CT molecular complexity index is 508. The number of benzene rings is 2. The second-order valence-corrected chi connectivity index (χ2v) is 5.04. The van der Waals surface area contributed by atoms with Gasteiger partial charge < -0.3 is 10.4 Å². The van der Waals surface area contributed by atoms with Crippen molar-refractivity contribution in [2.45, 2.75) is 26.5 Å². The van der Waals surface area contributed by atoms with E-state index in [1.165, 1.54) is 16.7 Å². The molecule has 0 aromatic heterocycles. The molecule has 1 atom stereocenters. The van der Waals surface area contributed by atoms with Gasteiger partial charge in [0.15, 0.2) is 0 Å². The molecule has 0 aliphatic heterocycles.